The first kappa shape index (κ1) is 18.5. The highest BCUT2D eigenvalue weighted by molar-refractivity contribution is 8.15. The summed E-state index contributed by atoms with van der Waals surface area (Å²) in [7, 11) is 4.17. The minimum atomic E-state index is -0.781. The Morgan fingerprint density at radius 3 is 2.52 bits per heavy atom. The van der Waals surface area contributed by atoms with Crippen LogP contribution in [0.3, 0.4) is 0 Å². The Hall–Kier alpha value is -2.53. The zero-order chi connectivity index (χ0) is 17.4. The van der Waals surface area contributed by atoms with Crippen LogP contribution in [0.5, 0.6) is 11.5 Å². The molecule has 8 heteroatoms. The number of nitriles is 1. The van der Waals surface area contributed by atoms with E-state index >= 15 is 0 Å². The van der Waals surface area contributed by atoms with E-state index in [1.165, 1.54) is 21.3 Å². The van der Waals surface area contributed by atoms with Gasteiger partial charge < -0.3 is 14.2 Å². The largest absolute Gasteiger partial charge is 0.493 e. The number of benzene rings is 1. The van der Waals surface area contributed by atoms with Crippen molar-refractivity contribution in [2.75, 3.05) is 27.6 Å². The maximum absolute atomic E-state index is 11.3. The number of carbonyl (C=O) groups excluding carboxylic acids is 1. The molecule has 1 rings (SSSR count). The number of hydrogen-bond acceptors (Lipinski definition) is 7. The molecule has 0 bridgehead atoms. The van der Waals surface area contributed by atoms with Crippen LogP contribution in [0.15, 0.2) is 17.1 Å². The van der Waals surface area contributed by atoms with Gasteiger partial charge in [0.15, 0.2) is 11.5 Å². The van der Waals surface area contributed by atoms with Gasteiger partial charge in [0.2, 0.25) is 0 Å². The Kier molecular flexibility index (Phi) is 7.09. The lowest BCUT2D eigenvalue weighted by Gasteiger charge is -2.14. The molecule has 0 aliphatic carbocycles. The molecule has 1 amide bonds. The van der Waals surface area contributed by atoms with E-state index in [2.05, 4.69) is 9.73 Å². The monoisotopic (exact) mass is 335 g/mol. The van der Waals surface area contributed by atoms with Crippen molar-refractivity contribution in [2.24, 2.45) is 4.99 Å². The number of hydrogen-bond donors (Lipinski definition) is 1. The Balaban J connectivity index is 3.39. The van der Waals surface area contributed by atoms with Crippen molar-refractivity contribution in [1.29, 1.82) is 10.7 Å². The highest BCUT2D eigenvalue weighted by Crippen LogP contribution is 2.33. The molecule has 0 saturated carbocycles. The number of thioether (sulfide) groups is 1. The summed E-state index contributed by atoms with van der Waals surface area (Å²) < 4.78 is 15.0. The fourth-order valence-corrected chi connectivity index (χ4v) is 2.35. The van der Waals surface area contributed by atoms with E-state index < -0.39 is 6.09 Å². The molecule has 0 saturated heterocycles. The second-order valence-corrected chi connectivity index (χ2v) is 4.97. The summed E-state index contributed by atoms with van der Waals surface area (Å²) in [5.74, 6) is 0.847. The van der Waals surface area contributed by atoms with Crippen LogP contribution in [0.2, 0.25) is 0 Å². The first-order valence-corrected chi connectivity index (χ1v) is 7.66. The average Bonchev–Trinajstić information content (AvgIpc) is 2.58. The van der Waals surface area contributed by atoms with Gasteiger partial charge in [-0.1, -0.05) is 0 Å². The van der Waals surface area contributed by atoms with Gasteiger partial charge in [0.1, 0.15) is 5.04 Å². The quantitative estimate of drug-likeness (QED) is 0.655. The van der Waals surface area contributed by atoms with Crippen molar-refractivity contribution in [3.8, 4) is 17.6 Å². The van der Waals surface area contributed by atoms with E-state index in [1.54, 1.807) is 18.4 Å². The summed E-state index contributed by atoms with van der Waals surface area (Å²) in [6.45, 7) is 0. The molecule has 23 heavy (non-hydrogen) atoms. The SMILES string of the molecule is COC(=O)N=C(SC)C(=N)c1cc(CC#N)c(OC)c(OC)c1. The van der Waals surface area contributed by atoms with Crippen LogP contribution in [-0.4, -0.2) is 44.4 Å². The Labute approximate surface area is 138 Å². The van der Waals surface area contributed by atoms with Crippen molar-refractivity contribution in [2.45, 2.75) is 6.42 Å². The molecule has 0 radical (unpaired) electrons. The van der Waals surface area contributed by atoms with Crippen LogP contribution >= 0.6 is 11.8 Å². The van der Waals surface area contributed by atoms with Crippen LogP contribution in [0.1, 0.15) is 11.1 Å². The molecule has 0 unspecified atom stereocenters. The standard InChI is InChI=1S/C15H17N3O4S/c1-20-11-8-10(7-9(5-6-16)13(11)21-2)12(17)14(23-4)18-15(19)22-3/h7-8,17H,5H2,1-4H3. The molecule has 122 valence electrons. The molecule has 7 nitrogen and oxygen atoms in total. The second kappa shape index (κ2) is 8.80. The first-order chi connectivity index (χ1) is 11.0. The predicted molar refractivity (Wildman–Crippen MR) is 89.0 cm³/mol. The van der Waals surface area contributed by atoms with E-state index in [0.29, 0.717) is 22.6 Å². The molecular formula is C15H17N3O4S. The Bertz CT molecular complexity index is 680. The summed E-state index contributed by atoms with van der Waals surface area (Å²) in [5.41, 5.74) is 1.08. The highest BCUT2D eigenvalue weighted by Gasteiger charge is 2.18. The maximum Gasteiger partial charge on any atom is 0.434 e. The number of ether oxygens (including phenoxy) is 3. The lowest BCUT2D eigenvalue weighted by molar-refractivity contribution is 0.183. The van der Waals surface area contributed by atoms with Crippen molar-refractivity contribution < 1.29 is 19.0 Å². The molecule has 0 aliphatic heterocycles. The first-order valence-electron chi connectivity index (χ1n) is 6.44. The summed E-state index contributed by atoms with van der Waals surface area (Å²) in [4.78, 5) is 15.0. The average molecular weight is 335 g/mol. The molecule has 1 aromatic carbocycles. The van der Waals surface area contributed by atoms with Gasteiger partial charge in [-0.05, 0) is 18.4 Å². The topological polar surface area (TPSA) is 105 Å². The number of methoxy groups -OCH3 is 3. The van der Waals surface area contributed by atoms with Gasteiger partial charge in [-0.3, -0.25) is 5.41 Å². The number of carbonyl (C=O) groups is 1. The van der Waals surface area contributed by atoms with Crippen LogP contribution in [-0.2, 0) is 11.2 Å². The van der Waals surface area contributed by atoms with E-state index in [-0.39, 0.29) is 17.2 Å². The van der Waals surface area contributed by atoms with Gasteiger partial charge in [0.25, 0.3) is 0 Å². The van der Waals surface area contributed by atoms with Gasteiger partial charge in [-0.25, -0.2) is 4.79 Å². The molecule has 0 fully saturated rings. The number of rotatable bonds is 5. The molecule has 0 aliphatic rings. The third-order valence-corrected chi connectivity index (χ3v) is 3.57. The van der Waals surface area contributed by atoms with E-state index in [9.17, 15) is 4.79 Å². The number of amides is 1. The molecule has 0 heterocycles. The molecule has 0 atom stereocenters. The van der Waals surface area contributed by atoms with E-state index in [4.69, 9.17) is 20.1 Å². The summed E-state index contributed by atoms with van der Waals surface area (Å²) in [5, 5.41) is 17.4. The van der Waals surface area contributed by atoms with Crippen LogP contribution in [0, 0.1) is 16.7 Å². The molecule has 0 spiro atoms. The van der Waals surface area contributed by atoms with Crippen molar-refractivity contribution in [1.82, 2.24) is 0 Å². The van der Waals surface area contributed by atoms with Crippen LogP contribution in [0.25, 0.3) is 0 Å². The smallest absolute Gasteiger partial charge is 0.434 e. The van der Waals surface area contributed by atoms with Crippen molar-refractivity contribution >= 4 is 28.6 Å². The normalized spacial score (nSPS) is 10.7. The molecule has 0 aromatic heterocycles. The number of nitrogens with zero attached hydrogens (tertiary/aromatic N) is 2. The van der Waals surface area contributed by atoms with E-state index in [0.717, 1.165) is 11.8 Å². The highest BCUT2D eigenvalue weighted by atomic mass is 32.2. The van der Waals surface area contributed by atoms with Crippen molar-refractivity contribution in [3.05, 3.63) is 23.3 Å². The zero-order valence-electron chi connectivity index (χ0n) is 13.3. The second-order valence-electron chi connectivity index (χ2n) is 4.17. The van der Waals surface area contributed by atoms with Gasteiger partial charge in [-0.2, -0.15) is 10.3 Å². The minimum absolute atomic E-state index is 0.0306. The summed E-state index contributed by atoms with van der Waals surface area (Å²) in [6.07, 6.45) is 1.02. The third kappa shape index (κ3) is 4.47. The maximum atomic E-state index is 11.3. The predicted octanol–water partition coefficient (Wildman–Crippen LogP) is 2.67. The van der Waals surface area contributed by atoms with Crippen molar-refractivity contribution in [3.63, 3.8) is 0 Å². The number of nitrogens with one attached hydrogen (secondary N) is 1. The lowest BCUT2D eigenvalue weighted by atomic mass is 10.0. The fraction of sp³-hybridized carbons (Fsp3) is 0.333. The molecule has 1 N–H and O–H groups in total. The van der Waals surface area contributed by atoms with Crippen LogP contribution in [0.4, 0.5) is 4.79 Å². The Morgan fingerprint density at radius 1 is 1.35 bits per heavy atom. The van der Waals surface area contributed by atoms with Crippen LogP contribution < -0.4 is 9.47 Å². The van der Waals surface area contributed by atoms with Gasteiger partial charge >= 0.3 is 6.09 Å². The lowest BCUT2D eigenvalue weighted by Crippen LogP contribution is -2.14. The van der Waals surface area contributed by atoms with E-state index in [1.807, 2.05) is 6.07 Å². The Morgan fingerprint density at radius 2 is 2.04 bits per heavy atom. The minimum Gasteiger partial charge on any atom is -0.493 e. The molecular weight excluding hydrogens is 318 g/mol. The number of aliphatic imine (C=N–C) groups is 1. The van der Waals surface area contributed by atoms with Gasteiger partial charge in [0, 0.05) is 11.1 Å². The van der Waals surface area contributed by atoms with Gasteiger partial charge in [-0.15, -0.1) is 11.8 Å². The third-order valence-electron chi connectivity index (χ3n) is 2.89. The summed E-state index contributed by atoms with van der Waals surface area (Å²) >= 11 is 1.15. The fourth-order valence-electron chi connectivity index (χ4n) is 1.86. The van der Waals surface area contributed by atoms with Gasteiger partial charge in [0.05, 0.1) is 39.5 Å². The zero-order valence-corrected chi connectivity index (χ0v) is 14.1. The molecule has 1 aromatic rings. The summed E-state index contributed by atoms with van der Waals surface area (Å²) in [6, 6.07) is 5.30.